The summed E-state index contributed by atoms with van der Waals surface area (Å²) < 4.78 is 70.8. The molecule has 440 valence electrons. The molecule has 0 amide bonds. The second kappa shape index (κ2) is 30.9. The third kappa shape index (κ3) is 19.6. The van der Waals surface area contributed by atoms with Crippen molar-refractivity contribution in [3.8, 4) is 46.8 Å². The molecule has 84 heavy (non-hydrogen) atoms. The first-order valence-corrected chi connectivity index (χ1v) is 28.5. The minimum Gasteiger partial charge on any atom is -0.475 e. The van der Waals surface area contributed by atoms with Crippen molar-refractivity contribution in [3.05, 3.63) is 165 Å². The average Bonchev–Trinajstić information content (AvgIpc) is 3.63. The summed E-state index contributed by atoms with van der Waals surface area (Å²) in [6, 6.07) is 17.2. The van der Waals surface area contributed by atoms with Gasteiger partial charge in [-0.05, 0) is 145 Å². The van der Waals surface area contributed by atoms with Crippen LogP contribution in [0.25, 0.3) is 9.69 Å². The summed E-state index contributed by atoms with van der Waals surface area (Å²) in [6.07, 6.45) is 8.36. The molecular weight excluding hydrogens is 1140 g/mol. The number of sulfone groups is 1. The Bertz CT molecular complexity index is 3630. The topological polar surface area (TPSA) is 238 Å². The zero-order valence-electron chi connectivity index (χ0n) is 48.8. The maximum absolute atomic E-state index is 14.1. The van der Waals surface area contributed by atoms with Gasteiger partial charge >= 0.3 is 0 Å². The number of hydrogen-bond acceptors (Lipinski definition) is 19. The van der Waals surface area contributed by atoms with Crippen LogP contribution in [0.5, 0.6) is 46.8 Å². The smallest absolute Gasteiger partial charge is 0.229 e. The minimum absolute atomic E-state index is 0.00740. The van der Waals surface area contributed by atoms with Crippen molar-refractivity contribution >= 4 is 67.4 Å². The van der Waals surface area contributed by atoms with Gasteiger partial charge in [0, 0.05) is 12.5 Å². The molecule has 0 unspecified atom stereocenters. The van der Waals surface area contributed by atoms with Gasteiger partial charge in [0.05, 0.1) is 91.8 Å². The van der Waals surface area contributed by atoms with Gasteiger partial charge in [0.15, 0.2) is 27.0 Å². The monoisotopic (exact) mass is 1200 g/mol. The number of aryl methyl sites for hydroxylation is 1. The molecule has 25 heteroatoms. The first kappa shape index (κ1) is 65.8. The summed E-state index contributed by atoms with van der Waals surface area (Å²) in [5, 5.41) is 6.79. The number of hydrogen-bond donors (Lipinski definition) is 2. The van der Waals surface area contributed by atoms with Crippen molar-refractivity contribution < 1.29 is 41.2 Å². The van der Waals surface area contributed by atoms with Gasteiger partial charge in [0.25, 0.3) is 0 Å². The summed E-state index contributed by atoms with van der Waals surface area (Å²) in [7, 11) is -3.46. The molecule has 0 atom stereocenters. The lowest BCUT2D eigenvalue weighted by molar-refractivity contribution is 0.228. The zero-order chi connectivity index (χ0) is 61.8. The molecule has 8 aromatic rings. The molecule has 0 aliphatic heterocycles. The molecule has 0 bridgehead atoms. The van der Waals surface area contributed by atoms with E-state index in [4.69, 9.17) is 64.8 Å². The minimum atomic E-state index is -3.46. The van der Waals surface area contributed by atoms with Gasteiger partial charge in [-0.2, -0.15) is 0 Å². The molecular formula is C59H64Cl2FN13O8S. The van der Waals surface area contributed by atoms with Gasteiger partial charge in [0.1, 0.15) is 48.5 Å². The van der Waals surface area contributed by atoms with Crippen molar-refractivity contribution in [2.45, 2.75) is 119 Å². The van der Waals surface area contributed by atoms with Crippen molar-refractivity contribution in [1.29, 1.82) is 0 Å². The van der Waals surface area contributed by atoms with Crippen LogP contribution in [0.4, 0.5) is 38.8 Å². The highest BCUT2D eigenvalue weighted by molar-refractivity contribution is 7.90. The fraction of sp³-hybridized carbons (Fsp3) is 0.305. The molecule has 0 aliphatic carbocycles. The summed E-state index contributed by atoms with van der Waals surface area (Å²) in [4.78, 5) is 43.6. The van der Waals surface area contributed by atoms with Crippen molar-refractivity contribution in [2.24, 2.45) is 0 Å². The third-order valence-corrected chi connectivity index (χ3v) is 12.5. The van der Waals surface area contributed by atoms with Crippen LogP contribution in [0.3, 0.4) is 0 Å². The Morgan fingerprint density at radius 1 is 0.500 bits per heavy atom. The Labute approximate surface area is 499 Å². The molecule has 3 aromatic carbocycles. The van der Waals surface area contributed by atoms with Crippen LogP contribution in [0.1, 0.15) is 83.3 Å². The van der Waals surface area contributed by atoms with Crippen LogP contribution in [-0.4, -0.2) is 83.9 Å². The second-order valence-corrected chi connectivity index (χ2v) is 22.0. The average molecular weight is 1210 g/mol. The van der Waals surface area contributed by atoms with E-state index in [0.717, 1.165) is 29.1 Å². The zero-order valence-corrected chi connectivity index (χ0v) is 51.1. The molecule has 0 radical (unpaired) electrons. The van der Waals surface area contributed by atoms with Crippen molar-refractivity contribution in [1.82, 2.24) is 44.9 Å². The number of halogens is 3. The van der Waals surface area contributed by atoms with Crippen LogP contribution >= 0.6 is 23.2 Å². The molecule has 0 aliphatic rings. The van der Waals surface area contributed by atoms with E-state index in [1.807, 2.05) is 95.2 Å². The van der Waals surface area contributed by atoms with Crippen molar-refractivity contribution in [2.75, 3.05) is 16.9 Å². The normalized spacial score (nSPS) is 10.7. The van der Waals surface area contributed by atoms with Gasteiger partial charge in [-0.3, -0.25) is 4.98 Å². The number of benzene rings is 3. The standard InChI is InChI=1S/C15H15ClN4O.C15H14ClN3O2.C15H18FN3O3S.C14H17N3O2/c1-9(2)21-15-10(3)14(18-8-19-15)20-13-6-5-11(17-4)7-12(13)16;1-9(2)20-14-10(3)15(19-8-18-14)21-13-6-5-11(17-4)7-12(13)16;1-9(2)22-15-10(3)14(17-8-18-15)19-13-6-5-11(7-12(13)16)23(4,20)21;1-9(2)18-13-10(3)14(17-8-16-13)19-12-6-5-7-15-11(12)4/h5-9H,1-3H3,(H,18,19,20);5-9H,1-3H3;5-9H,1-4H3,(H,17,18,19);5-9H,1-4H3. The highest BCUT2D eigenvalue weighted by Gasteiger charge is 2.18. The number of ether oxygens (including phenoxy) is 6. The Kier molecular flexibility index (Phi) is 24.2. The lowest BCUT2D eigenvalue weighted by atomic mass is 10.2. The van der Waals surface area contributed by atoms with E-state index in [1.165, 1.54) is 37.4 Å². The second-order valence-electron chi connectivity index (χ2n) is 19.1. The maximum Gasteiger partial charge on any atom is 0.229 e. The predicted octanol–water partition coefficient (Wildman–Crippen LogP) is 15.0. The fourth-order valence-electron chi connectivity index (χ4n) is 6.72. The number of aromatic nitrogens is 9. The third-order valence-electron chi connectivity index (χ3n) is 10.8. The Balaban J connectivity index is 0.000000205. The molecule has 0 saturated carbocycles. The van der Waals surface area contributed by atoms with E-state index < -0.39 is 15.7 Å². The van der Waals surface area contributed by atoms with Gasteiger partial charge in [-0.15, -0.1) is 0 Å². The van der Waals surface area contributed by atoms with Gasteiger partial charge < -0.3 is 39.1 Å². The highest BCUT2D eigenvalue weighted by Crippen LogP contribution is 2.36. The van der Waals surface area contributed by atoms with E-state index in [1.54, 1.807) is 49.5 Å². The van der Waals surface area contributed by atoms with Crippen LogP contribution in [0.2, 0.25) is 10.0 Å². The van der Waals surface area contributed by atoms with E-state index in [2.05, 4.69) is 65.2 Å². The van der Waals surface area contributed by atoms with Gasteiger partial charge in [-0.1, -0.05) is 35.3 Å². The summed E-state index contributed by atoms with van der Waals surface area (Å²) in [5.41, 5.74) is 5.47. The molecule has 0 fully saturated rings. The highest BCUT2D eigenvalue weighted by atomic mass is 35.5. The fourth-order valence-corrected chi connectivity index (χ4v) is 7.79. The molecule has 0 saturated heterocycles. The van der Waals surface area contributed by atoms with Crippen LogP contribution in [0.15, 0.2) is 103 Å². The number of pyridine rings is 1. The largest absolute Gasteiger partial charge is 0.475 e. The van der Waals surface area contributed by atoms with E-state index >= 15 is 0 Å². The Hall–Kier alpha value is -9.03. The molecule has 5 heterocycles. The number of anilines is 4. The van der Waals surface area contributed by atoms with Gasteiger partial charge in [0.2, 0.25) is 35.3 Å². The van der Waals surface area contributed by atoms with Crippen LogP contribution in [-0.2, 0) is 9.84 Å². The SMILES string of the molecule is Cc1c(Nc2ccc(S(C)(=O)=O)cc2F)ncnc1OC(C)C.Cc1ncccc1Oc1ncnc(OC(C)C)c1C.[C-]#[N+]c1ccc(Nc2ncnc(OC(C)C)c2C)c(Cl)c1.[C-]#[N+]c1ccc(Oc2ncnc(OC(C)C)c2C)c(Cl)c1. The maximum atomic E-state index is 14.1. The number of nitrogens with one attached hydrogen (secondary N) is 2. The summed E-state index contributed by atoms with van der Waals surface area (Å²) in [5.74, 6) is 4.27. The molecule has 0 spiro atoms. The number of rotatable bonds is 17. The van der Waals surface area contributed by atoms with E-state index in [-0.39, 0.29) is 35.0 Å². The Morgan fingerprint density at radius 3 is 1.32 bits per heavy atom. The molecule has 21 nitrogen and oxygen atoms in total. The summed E-state index contributed by atoms with van der Waals surface area (Å²) in [6.45, 7) is 38.5. The van der Waals surface area contributed by atoms with Gasteiger partial charge in [-0.25, -0.2) is 62.4 Å². The Morgan fingerprint density at radius 2 is 0.905 bits per heavy atom. The quantitative estimate of drug-likeness (QED) is 0.0806. The van der Waals surface area contributed by atoms with E-state index in [9.17, 15) is 12.8 Å². The van der Waals surface area contributed by atoms with Crippen molar-refractivity contribution in [3.63, 3.8) is 0 Å². The first-order valence-electron chi connectivity index (χ1n) is 25.9. The lowest BCUT2D eigenvalue weighted by Gasteiger charge is -2.14. The molecule has 5 aromatic heterocycles. The predicted molar refractivity (Wildman–Crippen MR) is 321 cm³/mol. The molecule has 8 rings (SSSR count). The first-order chi connectivity index (χ1) is 39.8. The summed E-state index contributed by atoms with van der Waals surface area (Å²) >= 11 is 12.2. The lowest BCUT2D eigenvalue weighted by Crippen LogP contribution is -2.10. The van der Waals surface area contributed by atoms with Crippen LogP contribution in [0, 0.1) is 53.6 Å². The molecule has 2 N–H and O–H groups in total. The number of nitrogens with zero attached hydrogens (tertiary/aromatic N) is 11. The van der Waals surface area contributed by atoms with E-state index in [0.29, 0.717) is 96.6 Å². The van der Waals surface area contributed by atoms with Crippen LogP contribution < -0.4 is 39.1 Å².